The molecule has 4 nitrogen and oxygen atoms in total. The molecule has 1 heterocycles. The van der Waals surface area contributed by atoms with Crippen molar-refractivity contribution in [2.75, 3.05) is 45.3 Å². The van der Waals surface area contributed by atoms with Crippen molar-refractivity contribution >= 4 is 28.3 Å². The summed E-state index contributed by atoms with van der Waals surface area (Å²) in [5.74, 6) is 0.0198. The standard InChI is InChI=1S/C21H19NO.C4H9NO/c1-22(2)20-14-12-16(18-10-6-7-11-19(18)20)13-15-21(23)17-8-4-3-5-9-17;1-3-6-4-2-5-1/h3-15H,1-2H3;5H,1-4H2. The molecule has 0 radical (unpaired) electrons. The highest BCUT2D eigenvalue weighted by Gasteiger charge is 2.06. The third-order valence-electron chi connectivity index (χ3n) is 4.74. The van der Waals surface area contributed by atoms with Crippen molar-refractivity contribution in [2.45, 2.75) is 0 Å². The van der Waals surface area contributed by atoms with Crippen LogP contribution in [0.3, 0.4) is 0 Å². The molecule has 3 aromatic carbocycles. The maximum absolute atomic E-state index is 12.2. The molecular formula is C25H28N2O2. The van der Waals surface area contributed by atoms with E-state index in [-0.39, 0.29) is 5.78 Å². The van der Waals surface area contributed by atoms with Gasteiger partial charge in [-0.3, -0.25) is 4.79 Å². The number of nitrogens with one attached hydrogen (secondary N) is 1. The van der Waals surface area contributed by atoms with Gasteiger partial charge < -0.3 is 15.0 Å². The zero-order valence-electron chi connectivity index (χ0n) is 17.1. The molecule has 0 bridgehead atoms. The Balaban J connectivity index is 0.000000343. The average molecular weight is 389 g/mol. The lowest BCUT2D eigenvalue weighted by atomic mass is 10.0. The molecule has 3 aromatic rings. The minimum Gasteiger partial charge on any atom is -0.379 e. The van der Waals surface area contributed by atoms with Crippen molar-refractivity contribution in [2.24, 2.45) is 0 Å². The minimum atomic E-state index is 0.0198. The summed E-state index contributed by atoms with van der Waals surface area (Å²) in [7, 11) is 4.08. The fraction of sp³-hybridized carbons (Fsp3) is 0.240. The van der Waals surface area contributed by atoms with Crippen molar-refractivity contribution in [3.8, 4) is 0 Å². The molecule has 1 saturated heterocycles. The molecule has 0 unspecified atom stereocenters. The second-order valence-electron chi connectivity index (χ2n) is 7.04. The molecular weight excluding hydrogens is 360 g/mol. The fourth-order valence-electron chi connectivity index (χ4n) is 3.22. The number of hydrogen-bond donors (Lipinski definition) is 1. The van der Waals surface area contributed by atoms with E-state index in [0.717, 1.165) is 37.3 Å². The van der Waals surface area contributed by atoms with Crippen LogP contribution >= 0.6 is 0 Å². The van der Waals surface area contributed by atoms with Gasteiger partial charge in [-0.25, -0.2) is 0 Å². The molecule has 0 atom stereocenters. The van der Waals surface area contributed by atoms with E-state index in [1.165, 1.54) is 11.1 Å². The van der Waals surface area contributed by atoms with Gasteiger partial charge in [-0.05, 0) is 23.1 Å². The van der Waals surface area contributed by atoms with E-state index in [1.54, 1.807) is 6.08 Å². The number of carbonyl (C=O) groups is 1. The molecule has 4 rings (SSSR count). The van der Waals surface area contributed by atoms with Gasteiger partial charge in [-0.2, -0.15) is 0 Å². The van der Waals surface area contributed by atoms with Crippen LogP contribution in [0.25, 0.3) is 16.8 Å². The van der Waals surface area contributed by atoms with E-state index in [0.29, 0.717) is 5.56 Å². The zero-order valence-corrected chi connectivity index (χ0v) is 17.1. The Bertz CT molecular complexity index is 949. The molecule has 150 valence electrons. The van der Waals surface area contributed by atoms with Gasteiger partial charge in [0.1, 0.15) is 0 Å². The van der Waals surface area contributed by atoms with Gasteiger partial charge in [0, 0.05) is 43.8 Å². The number of ether oxygens (including phenoxy) is 1. The minimum absolute atomic E-state index is 0.0198. The number of fused-ring (bicyclic) bond motifs is 1. The topological polar surface area (TPSA) is 41.6 Å². The van der Waals surface area contributed by atoms with Crippen LogP contribution in [0.2, 0.25) is 0 Å². The zero-order chi connectivity index (χ0) is 20.5. The first-order valence-electron chi connectivity index (χ1n) is 9.92. The first-order valence-corrected chi connectivity index (χ1v) is 9.92. The molecule has 1 aliphatic heterocycles. The number of carbonyl (C=O) groups excluding carboxylic acids is 1. The lowest BCUT2D eigenvalue weighted by Gasteiger charge is -2.16. The number of benzene rings is 3. The van der Waals surface area contributed by atoms with Crippen LogP contribution < -0.4 is 10.2 Å². The number of rotatable bonds is 4. The largest absolute Gasteiger partial charge is 0.379 e. The second-order valence-corrected chi connectivity index (χ2v) is 7.04. The summed E-state index contributed by atoms with van der Waals surface area (Å²) in [6.45, 7) is 3.83. The Kier molecular flexibility index (Phi) is 7.56. The number of morpholine rings is 1. The van der Waals surface area contributed by atoms with E-state index < -0.39 is 0 Å². The number of nitrogens with zero attached hydrogens (tertiary/aromatic N) is 1. The first kappa shape index (κ1) is 20.8. The van der Waals surface area contributed by atoms with Gasteiger partial charge in [0.05, 0.1) is 13.2 Å². The van der Waals surface area contributed by atoms with Crippen molar-refractivity contribution in [3.05, 3.63) is 83.9 Å². The molecule has 0 aliphatic carbocycles. The van der Waals surface area contributed by atoms with E-state index in [1.807, 2.05) is 62.6 Å². The van der Waals surface area contributed by atoms with Gasteiger partial charge in [0.25, 0.3) is 0 Å². The van der Waals surface area contributed by atoms with Crippen LogP contribution in [0.4, 0.5) is 5.69 Å². The lowest BCUT2D eigenvalue weighted by Crippen LogP contribution is -2.30. The van der Waals surface area contributed by atoms with Crippen molar-refractivity contribution in [1.82, 2.24) is 5.32 Å². The third-order valence-corrected chi connectivity index (χ3v) is 4.74. The molecule has 0 saturated carbocycles. The quantitative estimate of drug-likeness (QED) is 0.531. The normalized spacial score (nSPS) is 13.7. The van der Waals surface area contributed by atoms with Gasteiger partial charge in [0.15, 0.2) is 5.78 Å². The van der Waals surface area contributed by atoms with Crippen LogP contribution in [-0.4, -0.2) is 46.2 Å². The monoisotopic (exact) mass is 388 g/mol. The fourth-order valence-corrected chi connectivity index (χ4v) is 3.22. The molecule has 0 spiro atoms. The number of allylic oxidation sites excluding steroid dienone is 1. The maximum atomic E-state index is 12.2. The van der Waals surface area contributed by atoms with Crippen LogP contribution in [0.5, 0.6) is 0 Å². The summed E-state index contributed by atoms with van der Waals surface area (Å²) in [4.78, 5) is 14.3. The number of ketones is 1. The summed E-state index contributed by atoms with van der Waals surface area (Å²) in [5.41, 5.74) is 2.93. The number of anilines is 1. The van der Waals surface area contributed by atoms with E-state index in [2.05, 4.69) is 34.5 Å². The van der Waals surface area contributed by atoms with Gasteiger partial charge >= 0.3 is 0 Å². The van der Waals surface area contributed by atoms with E-state index >= 15 is 0 Å². The summed E-state index contributed by atoms with van der Waals surface area (Å²) < 4.78 is 5.01. The first-order chi connectivity index (χ1) is 14.2. The maximum Gasteiger partial charge on any atom is 0.185 e. The van der Waals surface area contributed by atoms with Gasteiger partial charge in [0.2, 0.25) is 0 Å². The van der Waals surface area contributed by atoms with Gasteiger partial charge in [-0.15, -0.1) is 0 Å². The summed E-state index contributed by atoms with van der Waals surface area (Å²) in [6, 6.07) is 21.8. The summed E-state index contributed by atoms with van der Waals surface area (Å²) in [6.07, 6.45) is 3.55. The SMILES string of the molecule is C1COCCN1.CN(C)c1ccc(C=CC(=O)c2ccccc2)c2ccccc12. The molecule has 1 N–H and O–H groups in total. The van der Waals surface area contributed by atoms with Crippen molar-refractivity contribution < 1.29 is 9.53 Å². The van der Waals surface area contributed by atoms with E-state index in [9.17, 15) is 4.79 Å². The molecule has 1 aliphatic rings. The Labute approximate surface area is 172 Å². The molecule has 0 aromatic heterocycles. The highest BCUT2D eigenvalue weighted by atomic mass is 16.5. The predicted octanol–water partition coefficient (Wildman–Crippen LogP) is 4.41. The second kappa shape index (κ2) is 10.6. The molecule has 1 fully saturated rings. The van der Waals surface area contributed by atoms with Crippen molar-refractivity contribution in [3.63, 3.8) is 0 Å². The molecule has 29 heavy (non-hydrogen) atoms. The molecule has 4 heteroatoms. The highest BCUT2D eigenvalue weighted by Crippen LogP contribution is 2.29. The average Bonchev–Trinajstić information content (AvgIpc) is 2.79. The Morgan fingerprint density at radius 2 is 1.55 bits per heavy atom. The Morgan fingerprint density at radius 3 is 2.14 bits per heavy atom. The van der Waals surface area contributed by atoms with E-state index in [4.69, 9.17) is 4.74 Å². The van der Waals surface area contributed by atoms with Crippen LogP contribution in [0.15, 0.2) is 72.8 Å². The third kappa shape index (κ3) is 5.76. The number of hydrogen-bond acceptors (Lipinski definition) is 4. The predicted molar refractivity (Wildman–Crippen MR) is 122 cm³/mol. The highest BCUT2D eigenvalue weighted by molar-refractivity contribution is 6.08. The van der Waals surface area contributed by atoms with Crippen LogP contribution in [-0.2, 0) is 4.74 Å². The van der Waals surface area contributed by atoms with Crippen molar-refractivity contribution in [1.29, 1.82) is 0 Å². The molecule has 0 amide bonds. The van der Waals surface area contributed by atoms with Gasteiger partial charge in [-0.1, -0.05) is 66.7 Å². The Hall–Kier alpha value is -2.95. The summed E-state index contributed by atoms with van der Waals surface area (Å²) >= 11 is 0. The summed E-state index contributed by atoms with van der Waals surface area (Å²) in [5, 5.41) is 5.50. The lowest BCUT2D eigenvalue weighted by molar-refractivity contribution is 0.104. The van der Waals surface area contributed by atoms with Crippen LogP contribution in [0, 0.1) is 0 Å². The van der Waals surface area contributed by atoms with Crippen LogP contribution in [0.1, 0.15) is 15.9 Å². The Morgan fingerprint density at radius 1 is 0.897 bits per heavy atom. The smallest absolute Gasteiger partial charge is 0.185 e.